The van der Waals surface area contributed by atoms with Crippen LogP contribution in [-0.4, -0.2) is 17.0 Å². The minimum Gasteiger partial charge on any atom is -0.478 e. The van der Waals surface area contributed by atoms with E-state index >= 15 is 0 Å². The number of hydrogen-bond donors (Lipinski definition) is 3. The number of anilines is 2. The fraction of sp³-hybridized carbons (Fsp3) is 0.0667. The van der Waals surface area contributed by atoms with Crippen molar-refractivity contribution < 1.29 is 14.7 Å². The lowest BCUT2D eigenvalue weighted by molar-refractivity contribution is 0.0696. The second-order valence-electron chi connectivity index (χ2n) is 4.52. The summed E-state index contributed by atoms with van der Waals surface area (Å²) in [5, 5.41) is 11.6. The molecule has 6 heteroatoms. The van der Waals surface area contributed by atoms with Crippen molar-refractivity contribution >= 4 is 39.2 Å². The van der Waals surface area contributed by atoms with Crippen LogP contribution in [0.3, 0.4) is 0 Å². The molecule has 4 N–H and O–H groups in total. The van der Waals surface area contributed by atoms with Gasteiger partial charge in [0.1, 0.15) is 0 Å². The van der Waals surface area contributed by atoms with Crippen LogP contribution in [0.5, 0.6) is 0 Å². The van der Waals surface area contributed by atoms with Crippen LogP contribution in [0.15, 0.2) is 40.9 Å². The monoisotopic (exact) mass is 348 g/mol. The number of hydrogen-bond acceptors (Lipinski definition) is 3. The molecule has 21 heavy (non-hydrogen) atoms. The van der Waals surface area contributed by atoms with Crippen molar-refractivity contribution in [2.24, 2.45) is 0 Å². The summed E-state index contributed by atoms with van der Waals surface area (Å²) in [6.45, 7) is 1.73. The zero-order valence-corrected chi connectivity index (χ0v) is 12.8. The van der Waals surface area contributed by atoms with Gasteiger partial charge in [0, 0.05) is 15.8 Å². The Morgan fingerprint density at radius 2 is 1.90 bits per heavy atom. The highest BCUT2D eigenvalue weighted by Gasteiger charge is 2.13. The van der Waals surface area contributed by atoms with E-state index in [1.807, 2.05) is 0 Å². The summed E-state index contributed by atoms with van der Waals surface area (Å²) in [4.78, 5) is 23.1. The summed E-state index contributed by atoms with van der Waals surface area (Å²) in [5.41, 5.74) is 7.89. The Balaban J connectivity index is 2.27. The molecule has 108 valence electrons. The number of rotatable bonds is 3. The zero-order valence-electron chi connectivity index (χ0n) is 11.2. The van der Waals surface area contributed by atoms with Crippen LogP contribution in [0.1, 0.15) is 26.3 Å². The highest BCUT2D eigenvalue weighted by Crippen LogP contribution is 2.22. The van der Waals surface area contributed by atoms with E-state index in [9.17, 15) is 9.59 Å². The highest BCUT2D eigenvalue weighted by molar-refractivity contribution is 9.10. The van der Waals surface area contributed by atoms with E-state index < -0.39 is 5.97 Å². The summed E-state index contributed by atoms with van der Waals surface area (Å²) >= 11 is 3.29. The van der Waals surface area contributed by atoms with Gasteiger partial charge >= 0.3 is 5.97 Å². The fourth-order valence-corrected chi connectivity index (χ4v) is 2.21. The quantitative estimate of drug-likeness (QED) is 0.742. The molecule has 5 nitrogen and oxygen atoms in total. The lowest BCUT2D eigenvalue weighted by Gasteiger charge is -2.11. The number of aromatic carboxylic acids is 1. The van der Waals surface area contributed by atoms with Gasteiger partial charge in [-0.3, -0.25) is 4.79 Å². The molecular weight excluding hydrogens is 336 g/mol. The lowest BCUT2D eigenvalue weighted by Crippen LogP contribution is -2.15. The Labute approximate surface area is 129 Å². The van der Waals surface area contributed by atoms with Crippen molar-refractivity contribution in [3.63, 3.8) is 0 Å². The van der Waals surface area contributed by atoms with Crippen molar-refractivity contribution in [3.8, 4) is 0 Å². The Hall–Kier alpha value is -2.34. The predicted octanol–water partition coefficient (Wildman–Crippen LogP) is 3.29. The largest absolute Gasteiger partial charge is 0.478 e. The third kappa shape index (κ3) is 3.41. The number of nitrogen functional groups attached to an aromatic ring is 1. The average molecular weight is 349 g/mol. The number of halogens is 1. The minimum absolute atomic E-state index is 0.174. The molecule has 0 saturated heterocycles. The molecule has 2 aromatic rings. The maximum atomic E-state index is 12.2. The first-order valence-corrected chi connectivity index (χ1v) is 6.88. The van der Waals surface area contributed by atoms with E-state index in [-0.39, 0.29) is 11.5 Å². The van der Waals surface area contributed by atoms with Gasteiger partial charge in [-0.2, -0.15) is 0 Å². The number of nitrogens with two attached hydrogens (primary N) is 1. The number of carboxylic acid groups (broad SMARTS) is 1. The second-order valence-corrected chi connectivity index (χ2v) is 5.44. The molecule has 2 aromatic carbocycles. The maximum absolute atomic E-state index is 12.2. The molecule has 0 unspecified atom stereocenters. The van der Waals surface area contributed by atoms with E-state index in [1.54, 1.807) is 31.2 Å². The number of carboxylic acids is 1. The minimum atomic E-state index is -1.01. The molecular formula is C15H13BrN2O3. The number of nitrogens with one attached hydrogen (secondary N) is 1. The van der Waals surface area contributed by atoms with Crippen LogP contribution >= 0.6 is 15.9 Å². The van der Waals surface area contributed by atoms with Gasteiger partial charge in [-0.25, -0.2) is 4.79 Å². The van der Waals surface area contributed by atoms with Crippen LogP contribution in [0.4, 0.5) is 11.4 Å². The van der Waals surface area contributed by atoms with Crippen molar-refractivity contribution in [3.05, 3.63) is 57.6 Å². The highest BCUT2D eigenvalue weighted by atomic mass is 79.9. The molecule has 0 saturated carbocycles. The van der Waals surface area contributed by atoms with E-state index in [4.69, 9.17) is 10.8 Å². The van der Waals surface area contributed by atoms with E-state index in [0.29, 0.717) is 22.5 Å². The van der Waals surface area contributed by atoms with Gasteiger partial charge in [-0.15, -0.1) is 0 Å². The van der Waals surface area contributed by atoms with Gasteiger partial charge in [0.25, 0.3) is 5.91 Å². The van der Waals surface area contributed by atoms with Crippen molar-refractivity contribution in [2.45, 2.75) is 6.92 Å². The Kier molecular flexibility index (Phi) is 4.28. The number of benzene rings is 2. The van der Waals surface area contributed by atoms with Gasteiger partial charge in [0.05, 0.1) is 11.1 Å². The van der Waals surface area contributed by atoms with E-state index in [1.165, 1.54) is 12.1 Å². The van der Waals surface area contributed by atoms with E-state index in [2.05, 4.69) is 21.2 Å². The predicted molar refractivity (Wildman–Crippen MR) is 84.6 cm³/mol. The number of amides is 1. The van der Waals surface area contributed by atoms with Gasteiger partial charge in [0.15, 0.2) is 0 Å². The van der Waals surface area contributed by atoms with Crippen molar-refractivity contribution in [1.29, 1.82) is 0 Å². The summed E-state index contributed by atoms with van der Waals surface area (Å²) in [6.07, 6.45) is 0. The molecule has 0 fully saturated rings. The lowest BCUT2D eigenvalue weighted by atomic mass is 10.1. The Morgan fingerprint density at radius 3 is 2.52 bits per heavy atom. The van der Waals surface area contributed by atoms with Crippen molar-refractivity contribution in [2.75, 3.05) is 11.1 Å². The Morgan fingerprint density at radius 1 is 1.19 bits per heavy atom. The standard InChI is InChI=1S/C15H13BrN2O3/c1-8-6-9(15(20)21)2-5-13(8)18-14(19)11-7-10(16)3-4-12(11)17/h2-7H,17H2,1H3,(H,18,19)(H,20,21). The first-order valence-electron chi connectivity index (χ1n) is 6.09. The molecule has 0 aliphatic carbocycles. The molecule has 2 rings (SSSR count). The van der Waals surface area contributed by atoms with Gasteiger partial charge in [-0.1, -0.05) is 15.9 Å². The smallest absolute Gasteiger partial charge is 0.335 e. The molecule has 0 heterocycles. The van der Waals surface area contributed by atoms with Crippen molar-refractivity contribution in [1.82, 2.24) is 0 Å². The van der Waals surface area contributed by atoms with Gasteiger partial charge < -0.3 is 16.2 Å². The number of aryl methyl sites for hydroxylation is 1. The summed E-state index contributed by atoms with van der Waals surface area (Å²) in [6, 6.07) is 9.52. The molecule has 0 aliphatic heterocycles. The molecule has 0 atom stereocenters. The van der Waals surface area contributed by atoms with Crippen LogP contribution in [0.25, 0.3) is 0 Å². The molecule has 0 radical (unpaired) electrons. The Bertz CT molecular complexity index is 729. The molecule has 1 amide bonds. The first kappa shape index (κ1) is 15.1. The normalized spacial score (nSPS) is 10.2. The number of carbonyl (C=O) groups is 2. The molecule has 0 aliphatic rings. The fourth-order valence-electron chi connectivity index (χ4n) is 1.85. The summed E-state index contributed by atoms with van der Waals surface area (Å²) in [5.74, 6) is -1.35. The maximum Gasteiger partial charge on any atom is 0.335 e. The topological polar surface area (TPSA) is 92.4 Å². The third-order valence-corrected chi connectivity index (χ3v) is 3.47. The molecule has 0 spiro atoms. The zero-order chi connectivity index (χ0) is 15.6. The van der Waals surface area contributed by atoms with Gasteiger partial charge in [-0.05, 0) is 48.9 Å². The number of carbonyl (C=O) groups excluding carboxylic acids is 1. The third-order valence-electron chi connectivity index (χ3n) is 2.98. The average Bonchev–Trinajstić information content (AvgIpc) is 2.43. The SMILES string of the molecule is Cc1cc(C(=O)O)ccc1NC(=O)c1cc(Br)ccc1N. The van der Waals surface area contributed by atoms with Crippen LogP contribution in [0.2, 0.25) is 0 Å². The summed E-state index contributed by atoms with van der Waals surface area (Å²) in [7, 11) is 0. The molecule has 0 aromatic heterocycles. The van der Waals surface area contributed by atoms with Crippen LogP contribution in [-0.2, 0) is 0 Å². The van der Waals surface area contributed by atoms with Crippen LogP contribution < -0.4 is 11.1 Å². The second kappa shape index (κ2) is 5.97. The summed E-state index contributed by atoms with van der Waals surface area (Å²) < 4.78 is 0.750. The van der Waals surface area contributed by atoms with E-state index in [0.717, 1.165) is 4.47 Å². The van der Waals surface area contributed by atoms with Crippen LogP contribution in [0, 0.1) is 6.92 Å². The molecule has 0 bridgehead atoms. The van der Waals surface area contributed by atoms with Gasteiger partial charge in [0.2, 0.25) is 0 Å². The first-order chi connectivity index (χ1) is 9.88.